The molecule has 4 nitrogen and oxygen atoms in total. The number of carboxylic acid groups (broad SMARTS) is 1. The van der Waals surface area contributed by atoms with Crippen LogP contribution in [0.25, 0.3) is 0 Å². The highest BCUT2D eigenvalue weighted by molar-refractivity contribution is 5.74. The number of nitrogens with zero attached hydrogens (tertiary/aromatic N) is 2. The maximum atomic E-state index is 11.8. The maximum absolute atomic E-state index is 11.8. The Hall–Kier alpha value is -1.32. The van der Waals surface area contributed by atoms with E-state index in [0.29, 0.717) is 0 Å². The van der Waals surface area contributed by atoms with E-state index in [2.05, 4.69) is 12.0 Å². The van der Waals surface area contributed by atoms with Gasteiger partial charge in [0.15, 0.2) is 0 Å². The third kappa shape index (κ3) is 4.08. The van der Waals surface area contributed by atoms with Crippen LogP contribution >= 0.6 is 0 Å². The van der Waals surface area contributed by atoms with Crippen molar-refractivity contribution in [3.05, 3.63) is 18.0 Å². The molecule has 1 aromatic heterocycles. The second-order valence-electron chi connectivity index (χ2n) is 6.69. The van der Waals surface area contributed by atoms with Gasteiger partial charge in [0.1, 0.15) is 0 Å². The predicted octanol–water partition coefficient (Wildman–Crippen LogP) is 3.80. The molecule has 0 unspecified atom stereocenters. The van der Waals surface area contributed by atoms with E-state index in [1.165, 1.54) is 19.3 Å². The first-order valence-electron chi connectivity index (χ1n) is 8.26. The molecule has 4 heteroatoms. The van der Waals surface area contributed by atoms with Crippen molar-refractivity contribution in [2.24, 2.45) is 18.4 Å². The zero-order chi connectivity index (χ0) is 15.3. The van der Waals surface area contributed by atoms with E-state index < -0.39 is 11.4 Å². The van der Waals surface area contributed by atoms with Crippen molar-refractivity contribution in [3.63, 3.8) is 0 Å². The molecule has 0 bridgehead atoms. The number of aliphatic carboxylic acids is 1. The summed E-state index contributed by atoms with van der Waals surface area (Å²) in [7, 11) is 1.90. The van der Waals surface area contributed by atoms with Crippen LogP contribution in [0.3, 0.4) is 0 Å². The van der Waals surface area contributed by atoms with Gasteiger partial charge in [-0.2, -0.15) is 5.10 Å². The Bertz CT molecular complexity index is 459. The van der Waals surface area contributed by atoms with Crippen molar-refractivity contribution >= 4 is 5.97 Å². The molecule has 0 saturated heterocycles. The third-order valence-corrected chi connectivity index (χ3v) is 5.13. The summed E-state index contributed by atoms with van der Waals surface area (Å²) < 4.78 is 1.78. The summed E-state index contributed by atoms with van der Waals surface area (Å²) >= 11 is 0. The highest BCUT2D eigenvalue weighted by atomic mass is 16.4. The highest BCUT2D eigenvalue weighted by Crippen LogP contribution is 2.44. The summed E-state index contributed by atoms with van der Waals surface area (Å²) in [6, 6.07) is 0. The fraction of sp³-hybridized carbons (Fsp3) is 0.765. The van der Waals surface area contributed by atoms with Gasteiger partial charge in [-0.15, -0.1) is 0 Å². The molecular formula is C17H28N2O2. The molecule has 1 aromatic rings. The van der Waals surface area contributed by atoms with Crippen molar-refractivity contribution in [3.8, 4) is 0 Å². The van der Waals surface area contributed by atoms with E-state index in [9.17, 15) is 9.90 Å². The molecule has 0 radical (unpaired) electrons. The largest absolute Gasteiger partial charge is 0.481 e. The van der Waals surface area contributed by atoms with Crippen molar-refractivity contribution in [2.75, 3.05) is 0 Å². The van der Waals surface area contributed by atoms with Crippen LogP contribution < -0.4 is 0 Å². The lowest BCUT2D eigenvalue weighted by molar-refractivity contribution is -0.152. The smallest absolute Gasteiger partial charge is 0.309 e. The van der Waals surface area contributed by atoms with Crippen LogP contribution in [0.1, 0.15) is 63.9 Å². The van der Waals surface area contributed by atoms with Crippen molar-refractivity contribution in [1.29, 1.82) is 0 Å². The first-order valence-corrected chi connectivity index (χ1v) is 8.26. The lowest BCUT2D eigenvalue weighted by Gasteiger charge is -2.37. The Morgan fingerprint density at radius 3 is 2.71 bits per heavy atom. The van der Waals surface area contributed by atoms with Gasteiger partial charge in [-0.05, 0) is 50.0 Å². The molecule has 1 aliphatic rings. The van der Waals surface area contributed by atoms with Gasteiger partial charge in [0.05, 0.1) is 11.6 Å². The molecule has 1 fully saturated rings. The quantitative estimate of drug-likeness (QED) is 0.831. The summed E-state index contributed by atoms with van der Waals surface area (Å²) in [6.07, 6.45) is 13.0. The molecule has 1 N–H and O–H groups in total. The fourth-order valence-corrected chi connectivity index (χ4v) is 3.57. The van der Waals surface area contributed by atoms with Crippen LogP contribution in [0.4, 0.5) is 0 Å². The molecule has 1 aliphatic carbocycles. The summed E-state index contributed by atoms with van der Waals surface area (Å²) in [5.41, 5.74) is 0.643. The molecule has 118 valence electrons. The van der Waals surface area contributed by atoms with E-state index in [4.69, 9.17) is 0 Å². The van der Waals surface area contributed by atoms with Crippen LogP contribution in [0.15, 0.2) is 12.4 Å². The van der Waals surface area contributed by atoms with Gasteiger partial charge < -0.3 is 5.11 Å². The van der Waals surface area contributed by atoms with E-state index in [1.54, 1.807) is 4.68 Å². The molecule has 21 heavy (non-hydrogen) atoms. The number of hydrogen-bond acceptors (Lipinski definition) is 2. The normalized spacial score (nSPS) is 25.9. The topological polar surface area (TPSA) is 55.1 Å². The van der Waals surface area contributed by atoms with E-state index >= 15 is 0 Å². The first kappa shape index (κ1) is 16.1. The number of aromatic nitrogens is 2. The Kier molecular flexibility index (Phi) is 5.43. The van der Waals surface area contributed by atoms with Gasteiger partial charge >= 0.3 is 5.97 Å². The van der Waals surface area contributed by atoms with E-state index in [-0.39, 0.29) is 0 Å². The summed E-state index contributed by atoms with van der Waals surface area (Å²) in [6.45, 7) is 2.22. The van der Waals surface area contributed by atoms with Crippen LogP contribution in [0.5, 0.6) is 0 Å². The first-order chi connectivity index (χ1) is 10.1. The molecular weight excluding hydrogens is 264 g/mol. The minimum Gasteiger partial charge on any atom is -0.481 e. The number of aryl methyl sites for hydroxylation is 2. The van der Waals surface area contributed by atoms with Gasteiger partial charge in [0.25, 0.3) is 0 Å². The highest BCUT2D eigenvalue weighted by Gasteiger charge is 2.41. The Morgan fingerprint density at radius 2 is 2.19 bits per heavy atom. The average Bonchev–Trinajstić information content (AvgIpc) is 2.89. The molecule has 2 rings (SSSR count). The summed E-state index contributed by atoms with van der Waals surface area (Å²) in [5, 5.41) is 13.9. The minimum atomic E-state index is -0.597. The number of rotatable bonds is 7. The standard InChI is InChI=1S/C17H28N2O2/c1-3-4-5-14-6-9-17(10-7-14,16(20)21)11-8-15-12-18-19(2)13-15/h12-14H,3-11H2,1-2H3,(H,20,21). The lowest BCUT2D eigenvalue weighted by Crippen LogP contribution is -2.36. The van der Waals surface area contributed by atoms with Gasteiger partial charge in [-0.25, -0.2) is 0 Å². The Labute approximate surface area is 127 Å². The lowest BCUT2D eigenvalue weighted by atomic mass is 9.67. The van der Waals surface area contributed by atoms with Gasteiger partial charge in [0, 0.05) is 13.2 Å². The molecule has 0 spiro atoms. The van der Waals surface area contributed by atoms with E-state index in [0.717, 1.165) is 50.0 Å². The van der Waals surface area contributed by atoms with Crippen LogP contribution in [-0.2, 0) is 18.3 Å². The molecule has 0 atom stereocenters. The number of carboxylic acids is 1. The average molecular weight is 292 g/mol. The zero-order valence-electron chi connectivity index (χ0n) is 13.3. The number of carbonyl (C=O) groups is 1. The maximum Gasteiger partial charge on any atom is 0.309 e. The van der Waals surface area contributed by atoms with Crippen LogP contribution in [-0.4, -0.2) is 20.9 Å². The van der Waals surface area contributed by atoms with E-state index in [1.807, 2.05) is 19.4 Å². The monoisotopic (exact) mass is 292 g/mol. The minimum absolute atomic E-state index is 0.501. The molecule has 1 heterocycles. The fourth-order valence-electron chi connectivity index (χ4n) is 3.57. The van der Waals surface area contributed by atoms with Crippen LogP contribution in [0, 0.1) is 11.3 Å². The predicted molar refractivity (Wildman–Crippen MR) is 83.1 cm³/mol. The van der Waals surface area contributed by atoms with Gasteiger partial charge in [-0.3, -0.25) is 9.48 Å². The van der Waals surface area contributed by atoms with Crippen molar-refractivity contribution < 1.29 is 9.90 Å². The SMILES string of the molecule is CCCCC1CCC(CCc2cnn(C)c2)(C(=O)O)CC1. The molecule has 1 saturated carbocycles. The van der Waals surface area contributed by atoms with Crippen molar-refractivity contribution in [1.82, 2.24) is 9.78 Å². The molecule has 0 aromatic carbocycles. The second kappa shape index (κ2) is 7.10. The Morgan fingerprint density at radius 1 is 1.48 bits per heavy atom. The molecule has 0 amide bonds. The zero-order valence-corrected chi connectivity index (χ0v) is 13.3. The second-order valence-corrected chi connectivity index (χ2v) is 6.69. The van der Waals surface area contributed by atoms with Gasteiger partial charge in [0.2, 0.25) is 0 Å². The number of hydrogen-bond donors (Lipinski definition) is 1. The Balaban J connectivity index is 1.91. The summed E-state index contributed by atoms with van der Waals surface area (Å²) in [4.78, 5) is 11.8. The van der Waals surface area contributed by atoms with Gasteiger partial charge in [-0.1, -0.05) is 26.2 Å². The molecule has 0 aliphatic heterocycles. The third-order valence-electron chi connectivity index (χ3n) is 5.13. The van der Waals surface area contributed by atoms with Crippen LogP contribution in [0.2, 0.25) is 0 Å². The summed E-state index contributed by atoms with van der Waals surface area (Å²) in [5.74, 6) is 0.149. The van der Waals surface area contributed by atoms with Crippen molar-refractivity contribution in [2.45, 2.75) is 64.7 Å². The number of unbranched alkanes of at least 4 members (excludes halogenated alkanes) is 1.